The zero-order chi connectivity index (χ0) is 37.5. The van der Waals surface area contributed by atoms with Crippen LogP contribution in [0.25, 0.3) is 11.1 Å². The Morgan fingerprint density at radius 1 is 0.792 bits per heavy atom. The van der Waals surface area contributed by atoms with Gasteiger partial charge in [-0.3, -0.25) is 25.3 Å². The number of hydrogen-bond acceptors (Lipinski definition) is 8. The molecule has 0 aliphatic carbocycles. The Kier molecular flexibility index (Phi) is 11.4. The minimum Gasteiger partial charge on any atom is -0.369 e. The van der Waals surface area contributed by atoms with Crippen molar-refractivity contribution in [3.63, 3.8) is 0 Å². The van der Waals surface area contributed by atoms with Crippen LogP contribution in [0.3, 0.4) is 0 Å². The molecule has 5 aromatic rings. The predicted molar refractivity (Wildman–Crippen MR) is 209 cm³/mol. The maximum Gasteiger partial charge on any atom is 0.324 e. The van der Waals surface area contributed by atoms with Gasteiger partial charge >= 0.3 is 6.03 Å². The van der Waals surface area contributed by atoms with Gasteiger partial charge in [0.15, 0.2) is 0 Å². The van der Waals surface area contributed by atoms with E-state index in [1.54, 1.807) is 24.1 Å². The maximum absolute atomic E-state index is 13.3. The van der Waals surface area contributed by atoms with E-state index in [4.69, 9.17) is 0 Å². The Labute approximate surface area is 311 Å². The van der Waals surface area contributed by atoms with Crippen LogP contribution in [0.15, 0.2) is 132 Å². The van der Waals surface area contributed by atoms with Crippen LogP contribution in [0.1, 0.15) is 34.5 Å². The smallest absolute Gasteiger partial charge is 0.324 e. The molecule has 3 N–H and O–H groups in total. The fraction of sp³-hybridized carbons (Fsp3) is 0.220. The lowest BCUT2D eigenvalue weighted by molar-refractivity contribution is 0.0981. The highest BCUT2D eigenvalue weighted by Gasteiger charge is 2.26. The van der Waals surface area contributed by atoms with Crippen LogP contribution in [-0.2, 0) is 16.6 Å². The number of urea groups is 1. The van der Waals surface area contributed by atoms with Gasteiger partial charge in [0.1, 0.15) is 0 Å². The minimum absolute atomic E-state index is 0.0261. The van der Waals surface area contributed by atoms with Gasteiger partial charge in [-0.2, -0.15) is 0 Å². The molecule has 1 aliphatic rings. The highest BCUT2D eigenvalue weighted by atomic mass is 32.2. The zero-order valence-corrected chi connectivity index (χ0v) is 30.8. The Hall–Kier alpha value is -5.69. The fourth-order valence-corrected chi connectivity index (χ4v) is 7.55. The van der Waals surface area contributed by atoms with Crippen molar-refractivity contribution in [3.05, 3.63) is 144 Å². The van der Waals surface area contributed by atoms with Gasteiger partial charge in [-0.25, -0.2) is 17.9 Å². The first-order valence-electron chi connectivity index (χ1n) is 17.4. The summed E-state index contributed by atoms with van der Waals surface area (Å²) in [6.07, 6.45) is 0. The molecule has 1 aliphatic heterocycles. The molecule has 0 saturated carbocycles. The average Bonchev–Trinajstić information content (AvgIpc) is 3.20. The third kappa shape index (κ3) is 8.52. The molecule has 6 rings (SSSR count). The molecular weight excluding hydrogens is 689 g/mol. The van der Waals surface area contributed by atoms with Crippen molar-refractivity contribution in [2.45, 2.75) is 24.4 Å². The Morgan fingerprint density at radius 2 is 1.42 bits per heavy atom. The number of anilines is 3. The van der Waals surface area contributed by atoms with Crippen LogP contribution < -0.4 is 20.0 Å². The average molecular weight is 733 g/mol. The summed E-state index contributed by atoms with van der Waals surface area (Å²) in [6, 6.07) is 38.5. The lowest BCUT2D eigenvalue weighted by Crippen LogP contribution is -2.46. The monoisotopic (exact) mass is 732 g/mol. The topological polar surface area (TPSA) is 126 Å². The molecule has 11 nitrogen and oxygen atoms in total. The highest BCUT2D eigenvalue weighted by molar-refractivity contribution is 7.90. The number of carbonyl (C=O) groups excluding carboxylic acids is 2. The summed E-state index contributed by atoms with van der Waals surface area (Å²) in [5, 5.41) is 9.90. The summed E-state index contributed by atoms with van der Waals surface area (Å²) in [4.78, 5) is 33.7. The summed E-state index contributed by atoms with van der Waals surface area (Å²) < 4.78 is 28.7. The molecular formula is C41H44N6O5S. The first kappa shape index (κ1) is 37.1. The third-order valence-electron chi connectivity index (χ3n) is 9.80. The lowest BCUT2D eigenvalue weighted by atomic mass is 9.99. The van der Waals surface area contributed by atoms with Crippen molar-refractivity contribution in [1.82, 2.24) is 14.5 Å². The fourth-order valence-electron chi connectivity index (χ4n) is 6.55. The van der Waals surface area contributed by atoms with Crippen molar-refractivity contribution in [2.24, 2.45) is 0 Å². The number of benzene rings is 5. The van der Waals surface area contributed by atoms with Gasteiger partial charge < -0.3 is 9.80 Å². The second kappa shape index (κ2) is 16.3. The van der Waals surface area contributed by atoms with E-state index in [2.05, 4.69) is 63.1 Å². The van der Waals surface area contributed by atoms with E-state index >= 15 is 0 Å². The molecule has 5 aromatic carbocycles. The Morgan fingerprint density at radius 3 is 2.08 bits per heavy atom. The number of nitrogens with one attached hydrogen (secondary N) is 2. The summed E-state index contributed by atoms with van der Waals surface area (Å²) in [5.41, 5.74) is 8.02. The second-order valence-corrected chi connectivity index (χ2v) is 14.8. The number of amides is 3. The number of sulfonamides is 1. The molecule has 0 aromatic heterocycles. The molecule has 0 bridgehead atoms. The van der Waals surface area contributed by atoms with E-state index in [1.165, 1.54) is 46.8 Å². The molecule has 0 unspecified atom stereocenters. The molecule has 274 valence electrons. The first-order valence-corrected chi connectivity index (χ1v) is 18.9. The zero-order valence-electron chi connectivity index (χ0n) is 30.0. The number of carbonyl (C=O) groups is 2. The number of nitrogens with zero attached hydrogens (tertiary/aromatic N) is 4. The van der Waals surface area contributed by atoms with E-state index in [-0.39, 0.29) is 33.9 Å². The molecule has 0 radical (unpaired) electrons. The second-order valence-electron chi connectivity index (χ2n) is 13.1. The summed E-state index contributed by atoms with van der Waals surface area (Å²) >= 11 is 0. The van der Waals surface area contributed by atoms with Gasteiger partial charge in [-0.15, -0.1) is 0 Å². The van der Waals surface area contributed by atoms with Crippen LogP contribution in [-0.4, -0.2) is 75.6 Å². The Balaban J connectivity index is 1.05. The highest BCUT2D eigenvalue weighted by Crippen LogP contribution is 2.31. The normalized spacial score (nSPS) is 13.9. The van der Waals surface area contributed by atoms with Gasteiger partial charge in [0, 0.05) is 58.1 Å². The SMILES string of the molecule is C[C@@H](c1ccccc1)N(C)C(=O)N(C)c1ccc(S(=O)(=O)NC(=O)c2ccc(N3CCN(Cc4ccccc4-c4ccccc4)CC3)cc2)cc1NO. The quantitative estimate of drug-likeness (QED) is 0.126. The van der Waals surface area contributed by atoms with Crippen molar-refractivity contribution in [1.29, 1.82) is 0 Å². The maximum atomic E-state index is 13.3. The molecule has 3 amide bonds. The predicted octanol–water partition coefficient (Wildman–Crippen LogP) is 6.84. The standard InChI is InChI=1S/C41H44N6O5S/c1-30(31-12-6-4-7-13-31)44(2)41(49)45(3)39-23-22-36(28-38(39)42-50)53(51,52)43-40(48)33-18-20-35(21-19-33)47-26-24-46(25-27-47)29-34-16-10-11-17-37(34)32-14-8-5-9-15-32/h4-23,28,30,42,50H,24-27,29H2,1-3H3,(H,43,48)/t30-/m0/s1. The largest absolute Gasteiger partial charge is 0.369 e. The van der Waals surface area contributed by atoms with Crippen LogP contribution in [0.5, 0.6) is 0 Å². The van der Waals surface area contributed by atoms with Crippen molar-refractivity contribution in [2.75, 3.05) is 55.6 Å². The van der Waals surface area contributed by atoms with Crippen molar-refractivity contribution < 1.29 is 23.2 Å². The van der Waals surface area contributed by atoms with E-state index in [0.29, 0.717) is 0 Å². The summed E-state index contributed by atoms with van der Waals surface area (Å²) in [7, 11) is -1.14. The number of rotatable bonds is 11. The van der Waals surface area contributed by atoms with Crippen LogP contribution in [0.2, 0.25) is 0 Å². The molecule has 0 spiro atoms. The van der Waals surface area contributed by atoms with Gasteiger partial charge in [-0.05, 0) is 71.6 Å². The van der Waals surface area contributed by atoms with Gasteiger partial charge in [-0.1, -0.05) is 84.9 Å². The molecule has 1 fully saturated rings. The molecule has 1 saturated heterocycles. The number of piperazine rings is 1. The van der Waals surface area contributed by atoms with Crippen molar-refractivity contribution in [3.8, 4) is 11.1 Å². The van der Waals surface area contributed by atoms with Crippen LogP contribution >= 0.6 is 0 Å². The summed E-state index contributed by atoms with van der Waals surface area (Å²) in [5.74, 6) is -0.787. The summed E-state index contributed by atoms with van der Waals surface area (Å²) in [6.45, 7) is 6.13. The number of hydrogen-bond donors (Lipinski definition) is 3. The molecule has 12 heteroatoms. The van der Waals surface area contributed by atoms with Gasteiger partial charge in [0.25, 0.3) is 15.9 Å². The Bertz CT molecular complexity index is 2140. The van der Waals surface area contributed by atoms with Gasteiger partial charge in [0.2, 0.25) is 0 Å². The van der Waals surface area contributed by atoms with Crippen LogP contribution in [0.4, 0.5) is 21.9 Å². The van der Waals surface area contributed by atoms with Gasteiger partial charge in [0.05, 0.1) is 22.3 Å². The molecule has 1 heterocycles. The van der Waals surface area contributed by atoms with Crippen molar-refractivity contribution >= 4 is 39.0 Å². The van der Waals surface area contributed by atoms with Crippen LogP contribution in [0, 0.1) is 0 Å². The van der Waals surface area contributed by atoms with E-state index in [0.717, 1.165) is 44.0 Å². The molecule has 53 heavy (non-hydrogen) atoms. The third-order valence-corrected chi connectivity index (χ3v) is 11.1. The van der Waals surface area contributed by atoms with E-state index in [1.807, 2.05) is 60.9 Å². The van der Waals surface area contributed by atoms with E-state index < -0.39 is 15.9 Å². The molecule has 1 atom stereocenters. The lowest BCUT2D eigenvalue weighted by Gasteiger charge is -2.36. The first-order chi connectivity index (χ1) is 25.6. The minimum atomic E-state index is -4.33. The van der Waals surface area contributed by atoms with E-state index in [9.17, 15) is 23.2 Å².